The van der Waals surface area contributed by atoms with Crippen LogP contribution >= 0.6 is 27.5 Å². The minimum absolute atomic E-state index is 0.351. The second-order valence-electron chi connectivity index (χ2n) is 5.58. The summed E-state index contributed by atoms with van der Waals surface area (Å²) in [6.07, 6.45) is 3.96. The van der Waals surface area contributed by atoms with Crippen molar-refractivity contribution < 1.29 is 0 Å². The number of likely N-dealkylation sites (N-methyl/N-ethyl adjacent to an activating group) is 1. The van der Waals surface area contributed by atoms with Crippen LogP contribution < -0.4 is 5.32 Å². The molecule has 0 spiro atoms. The first kappa shape index (κ1) is 16.3. The van der Waals surface area contributed by atoms with Gasteiger partial charge in [0, 0.05) is 28.1 Å². The predicted molar refractivity (Wildman–Crippen MR) is 90.5 cm³/mol. The highest BCUT2D eigenvalue weighted by atomic mass is 79.9. The van der Waals surface area contributed by atoms with Crippen LogP contribution in [0.2, 0.25) is 5.02 Å². The van der Waals surface area contributed by atoms with Gasteiger partial charge in [-0.2, -0.15) is 0 Å². The Morgan fingerprint density at radius 1 is 1.45 bits per heavy atom. The molecule has 2 nitrogen and oxygen atoms in total. The Bertz CT molecular complexity index is 432. The normalized spacial score (nSPS) is 21.1. The van der Waals surface area contributed by atoms with E-state index < -0.39 is 0 Å². The minimum Gasteiger partial charge on any atom is -0.313 e. The van der Waals surface area contributed by atoms with Gasteiger partial charge in [0.2, 0.25) is 0 Å². The number of piperidine rings is 1. The van der Waals surface area contributed by atoms with E-state index in [1.165, 1.54) is 24.8 Å². The second kappa shape index (κ2) is 7.79. The highest BCUT2D eigenvalue weighted by Gasteiger charge is 2.21. The van der Waals surface area contributed by atoms with Gasteiger partial charge < -0.3 is 5.32 Å². The summed E-state index contributed by atoms with van der Waals surface area (Å²) in [4.78, 5) is 2.51. The first-order chi connectivity index (χ1) is 9.61. The molecule has 1 aliphatic heterocycles. The van der Waals surface area contributed by atoms with Crippen LogP contribution in [0.15, 0.2) is 22.7 Å². The summed E-state index contributed by atoms with van der Waals surface area (Å²) in [5, 5.41) is 4.48. The van der Waals surface area contributed by atoms with Crippen molar-refractivity contribution in [3.63, 3.8) is 0 Å². The number of nitrogens with zero attached hydrogens (tertiary/aromatic N) is 1. The summed E-state index contributed by atoms with van der Waals surface area (Å²) in [5.74, 6) is 0. The highest BCUT2D eigenvalue weighted by Crippen LogP contribution is 2.30. The van der Waals surface area contributed by atoms with E-state index in [0.717, 1.165) is 29.1 Å². The van der Waals surface area contributed by atoms with Crippen molar-refractivity contribution in [3.8, 4) is 0 Å². The van der Waals surface area contributed by atoms with Crippen molar-refractivity contribution in [1.29, 1.82) is 0 Å². The monoisotopic (exact) mass is 358 g/mol. The maximum atomic E-state index is 6.40. The van der Waals surface area contributed by atoms with Crippen LogP contribution in [0, 0.1) is 0 Å². The number of benzene rings is 1. The van der Waals surface area contributed by atoms with E-state index in [2.05, 4.69) is 52.1 Å². The molecule has 1 heterocycles. The molecule has 20 heavy (non-hydrogen) atoms. The second-order valence-corrected chi connectivity index (χ2v) is 6.90. The van der Waals surface area contributed by atoms with Crippen molar-refractivity contribution in [2.75, 3.05) is 19.6 Å². The van der Waals surface area contributed by atoms with Crippen LogP contribution in [0.5, 0.6) is 0 Å². The average Bonchev–Trinajstić information content (AvgIpc) is 2.45. The van der Waals surface area contributed by atoms with Gasteiger partial charge in [0.05, 0.1) is 0 Å². The Morgan fingerprint density at radius 2 is 2.25 bits per heavy atom. The summed E-state index contributed by atoms with van der Waals surface area (Å²) < 4.78 is 1.04. The summed E-state index contributed by atoms with van der Waals surface area (Å²) >= 11 is 9.87. The number of rotatable bonds is 5. The summed E-state index contributed by atoms with van der Waals surface area (Å²) in [5.41, 5.74) is 1.22. The molecule has 2 unspecified atom stereocenters. The zero-order valence-corrected chi connectivity index (χ0v) is 14.7. The third kappa shape index (κ3) is 4.20. The van der Waals surface area contributed by atoms with Gasteiger partial charge in [0.25, 0.3) is 0 Å². The van der Waals surface area contributed by atoms with Crippen LogP contribution in [0.1, 0.15) is 44.7 Å². The SMILES string of the molecule is CCN(CC1CCCCN1)C(C)c1ccc(Br)cc1Cl. The number of hydrogen-bond donors (Lipinski definition) is 1. The standard InChI is InChI=1S/C16H24BrClN2/c1-3-20(11-14-6-4-5-9-19-14)12(2)15-8-7-13(17)10-16(15)18/h7-8,10,12,14,19H,3-6,9,11H2,1-2H3. The largest absolute Gasteiger partial charge is 0.313 e. The molecule has 0 saturated carbocycles. The maximum absolute atomic E-state index is 6.40. The maximum Gasteiger partial charge on any atom is 0.0464 e. The molecule has 1 saturated heterocycles. The van der Waals surface area contributed by atoms with Crippen LogP contribution in [0.4, 0.5) is 0 Å². The minimum atomic E-state index is 0.351. The highest BCUT2D eigenvalue weighted by molar-refractivity contribution is 9.10. The molecular weight excluding hydrogens is 336 g/mol. The van der Waals surface area contributed by atoms with Gasteiger partial charge in [-0.1, -0.05) is 46.9 Å². The lowest BCUT2D eigenvalue weighted by Gasteiger charge is -2.34. The summed E-state index contributed by atoms with van der Waals surface area (Å²) in [7, 11) is 0. The van der Waals surface area contributed by atoms with Gasteiger partial charge in [-0.05, 0) is 50.6 Å². The third-order valence-electron chi connectivity index (χ3n) is 4.23. The number of halogens is 2. The molecule has 4 heteroatoms. The Balaban J connectivity index is 2.05. The van der Waals surface area contributed by atoms with Crippen LogP contribution in [-0.2, 0) is 0 Å². The first-order valence-electron chi connectivity index (χ1n) is 7.54. The van der Waals surface area contributed by atoms with E-state index in [-0.39, 0.29) is 0 Å². The molecule has 0 aliphatic carbocycles. The van der Waals surface area contributed by atoms with Crippen molar-refractivity contribution in [3.05, 3.63) is 33.3 Å². The molecular formula is C16H24BrClN2. The topological polar surface area (TPSA) is 15.3 Å². The molecule has 0 amide bonds. The zero-order chi connectivity index (χ0) is 14.5. The molecule has 0 aromatic heterocycles. The van der Waals surface area contributed by atoms with Crippen LogP contribution in [0.3, 0.4) is 0 Å². The lowest BCUT2D eigenvalue weighted by atomic mass is 10.0. The zero-order valence-electron chi connectivity index (χ0n) is 12.3. The quantitative estimate of drug-likeness (QED) is 0.824. The molecule has 1 aromatic rings. The number of nitrogens with one attached hydrogen (secondary N) is 1. The van der Waals surface area contributed by atoms with Crippen molar-refractivity contribution in [1.82, 2.24) is 10.2 Å². The lowest BCUT2D eigenvalue weighted by Crippen LogP contribution is -2.44. The molecule has 2 rings (SSSR count). The van der Waals surface area contributed by atoms with E-state index in [1.54, 1.807) is 0 Å². The van der Waals surface area contributed by atoms with E-state index in [1.807, 2.05) is 6.07 Å². The van der Waals surface area contributed by atoms with Gasteiger partial charge in [-0.3, -0.25) is 4.90 Å². The van der Waals surface area contributed by atoms with Crippen molar-refractivity contribution in [2.45, 2.75) is 45.2 Å². The fraction of sp³-hybridized carbons (Fsp3) is 0.625. The molecule has 1 N–H and O–H groups in total. The smallest absolute Gasteiger partial charge is 0.0464 e. The van der Waals surface area contributed by atoms with Gasteiger partial charge in [0.1, 0.15) is 0 Å². The Morgan fingerprint density at radius 3 is 2.85 bits per heavy atom. The lowest BCUT2D eigenvalue weighted by molar-refractivity contribution is 0.184. The van der Waals surface area contributed by atoms with Gasteiger partial charge in [0.15, 0.2) is 0 Å². The fourth-order valence-electron chi connectivity index (χ4n) is 2.96. The molecule has 2 atom stereocenters. The van der Waals surface area contributed by atoms with Crippen molar-refractivity contribution >= 4 is 27.5 Å². The summed E-state index contributed by atoms with van der Waals surface area (Å²) in [6, 6.07) is 7.17. The van der Waals surface area contributed by atoms with E-state index in [4.69, 9.17) is 11.6 Å². The van der Waals surface area contributed by atoms with Crippen molar-refractivity contribution in [2.24, 2.45) is 0 Å². The third-order valence-corrected chi connectivity index (χ3v) is 5.05. The van der Waals surface area contributed by atoms with Gasteiger partial charge >= 0.3 is 0 Å². The summed E-state index contributed by atoms with van der Waals surface area (Å²) in [6.45, 7) is 7.79. The number of hydrogen-bond acceptors (Lipinski definition) is 2. The molecule has 1 aromatic carbocycles. The fourth-order valence-corrected chi connectivity index (χ4v) is 3.79. The Kier molecular flexibility index (Phi) is 6.34. The molecule has 0 bridgehead atoms. The molecule has 1 fully saturated rings. The van der Waals surface area contributed by atoms with E-state index >= 15 is 0 Å². The van der Waals surface area contributed by atoms with E-state index in [9.17, 15) is 0 Å². The first-order valence-corrected chi connectivity index (χ1v) is 8.71. The van der Waals surface area contributed by atoms with Gasteiger partial charge in [-0.15, -0.1) is 0 Å². The Labute approximate surface area is 136 Å². The van der Waals surface area contributed by atoms with E-state index in [0.29, 0.717) is 12.1 Å². The average molecular weight is 360 g/mol. The van der Waals surface area contributed by atoms with Crippen LogP contribution in [0.25, 0.3) is 0 Å². The Hall–Kier alpha value is -0.0900. The van der Waals surface area contributed by atoms with Gasteiger partial charge in [-0.25, -0.2) is 0 Å². The molecule has 1 aliphatic rings. The molecule has 0 radical (unpaired) electrons. The van der Waals surface area contributed by atoms with Crippen LogP contribution in [-0.4, -0.2) is 30.6 Å². The molecule has 112 valence electrons. The predicted octanol–water partition coefficient (Wildman–Crippen LogP) is 4.63.